The van der Waals surface area contributed by atoms with Gasteiger partial charge in [0.25, 0.3) is 0 Å². The van der Waals surface area contributed by atoms with Crippen LogP contribution in [0, 0.1) is 0 Å². The Morgan fingerprint density at radius 1 is 0.929 bits per heavy atom. The van der Waals surface area contributed by atoms with Gasteiger partial charge in [-0.2, -0.15) is 13.2 Å². The predicted molar refractivity (Wildman–Crippen MR) is 104 cm³/mol. The van der Waals surface area contributed by atoms with Crippen molar-refractivity contribution in [2.45, 2.75) is 12.7 Å². The number of nitrogens with one attached hydrogen (secondary N) is 1. The Kier molecular flexibility index (Phi) is 4.89. The van der Waals surface area contributed by atoms with Gasteiger partial charge in [-0.1, -0.05) is 36.4 Å². The average Bonchev–Trinajstić information content (AvgIpc) is 2.70. The molecule has 6 heteroatoms. The fraction of sp³-hybridized carbons (Fsp3) is 0.273. The van der Waals surface area contributed by atoms with E-state index in [1.807, 2.05) is 35.2 Å². The molecule has 1 saturated heterocycles. The monoisotopic (exact) mass is 387 g/mol. The number of benzene rings is 3. The predicted octanol–water partition coefficient (Wildman–Crippen LogP) is 3.47. The Balaban J connectivity index is 1.47. The highest BCUT2D eigenvalue weighted by Gasteiger charge is 2.31. The third-order valence-electron chi connectivity index (χ3n) is 5.45. The number of hydrogen-bond donors (Lipinski definition) is 2. The molecule has 0 aliphatic carbocycles. The lowest BCUT2D eigenvalue weighted by molar-refractivity contribution is -0.914. The number of hydrogen-bond acceptors (Lipinski definition) is 2. The Labute approximate surface area is 161 Å². The fourth-order valence-corrected chi connectivity index (χ4v) is 3.90. The standard InChI is InChI=1S/C22H21F3N2O/c23-22(24,25)17-5-3-6-18(14-17)27-12-10-26(11-13-27)15-20-19-7-2-1-4-16(19)8-9-21(20)28/h1-9,14,28H,10-13,15H2/p+1. The molecule has 2 N–H and O–H groups in total. The summed E-state index contributed by atoms with van der Waals surface area (Å²) in [6.07, 6.45) is -4.32. The van der Waals surface area contributed by atoms with Gasteiger partial charge in [-0.25, -0.2) is 0 Å². The van der Waals surface area contributed by atoms with Crippen molar-refractivity contribution in [3.8, 4) is 5.75 Å². The van der Waals surface area contributed by atoms with Gasteiger partial charge in [0.2, 0.25) is 0 Å². The first-order valence-electron chi connectivity index (χ1n) is 9.37. The molecule has 28 heavy (non-hydrogen) atoms. The molecule has 4 rings (SSSR count). The Morgan fingerprint density at radius 2 is 1.68 bits per heavy atom. The van der Waals surface area contributed by atoms with E-state index >= 15 is 0 Å². The number of phenols is 1. The van der Waals surface area contributed by atoms with Gasteiger partial charge in [0.05, 0.1) is 37.3 Å². The van der Waals surface area contributed by atoms with E-state index in [0.717, 1.165) is 35.5 Å². The largest absolute Gasteiger partial charge is 0.507 e. The second-order valence-electron chi connectivity index (χ2n) is 7.25. The first-order valence-corrected chi connectivity index (χ1v) is 9.37. The summed E-state index contributed by atoms with van der Waals surface area (Å²) >= 11 is 0. The van der Waals surface area contributed by atoms with Crippen molar-refractivity contribution in [2.24, 2.45) is 0 Å². The molecule has 0 aromatic heterocycles. The third kappa shape index (κ3) is 3.78. The number of piperazine rings is 1. The highest BCUT2D eigenvalue weighted by molar-refractivity contribution is 5.87. The number of rotatable bonds is 3. The first kappa shape index (κ1) is 18.6. The summed E-state index contributed by atoms with van der Waals surface area (Å²) in [6, 6.07) is 17.2. The van der Waals surface area contributed by atoms with E-state index in [-0.39, 0.29) is 0 Å². The molecule has 0 spiro atoms. The summed E-state index contributed by atoms with van der Waals surface area (Å²) in [5.74, 6) is 0.298. The average molecular weight is 387 g/mol. The fourth-order valence-electron chi connectivity index (χ4n) is 3.90. The van der Waals surface area contributed by atoms with Crippen LogP contribution in [0.5, 0.6) is 5.75 Å². The molecule has 0 unspecified atom stereocenters. The molecule has 3 nitrogen and oxygen atoms in total. The van der Waals surface area contributed by atoms with Crippen molar-refractivity contribution >= 4 is 16.5 Å². The van der Waals surface area contributed by atoms with Crippen LogP contribution in [0.3, 0.4) is 0 Å². The summed E-state index contributed by atoms with van der Waals surface area (Å²) in [5, 5.41) is 12.5. The van der Waals surface area contributed by atoms with E-state index < -0.39 is 11.7 Å². The highest BCUT2D eigenvalue weighted by atomic mass is 19.4. The van der Waals surface area contributed by atoms with Gasteiger partial charge in [-0.05, 0) is 35.0 Å². The molecule has 0 amide bonds. The van der Waals surface area contributed by atoms with Gasteiger partial charge < -0.3 is 14.9 Å². The Hall–Kier alpha value is -2.73. The molecule has 0 radical (unpaired) electrons. The van der Waals surface area contributed by atoms with Gasteiger partial charge in [0.1, 0.15) is 12.3 Å². The quantitative estimate of drug-likeness (QED) is 0.720. The van der Waals surface area contributed by atoms with Crippen LogP contribution in [0.4, 0.5) is 18.9 Å². The molecule has 0 bridgehead atoms. The lowest BCUT2D eigenvalue weighted by Crippen LogP contribution is -3.13. The van der Waals surface area contributed by atoms with E-state index in [4.69, 9.17) is 0 Å². The van der Waals surface area contributed by atoms with Crippen molar-refractivity contribution in [2.75, 3.05) is 31.1 Å². The summed E-state index contributed by atoms with van der Waals surface area (Å²) < 4.78 is 38.9. The maximum absolute atomic E-state index is 13.0. The van der Waals surface area contributed by atoms with Crippen molar-refractivity contribution < 1.29 is 23.2 Å². The highest BCUT2D eigenvalue weighted by Crippen LogP contribution is 2.31. The number of quaternary nitrogens is 1. The zero-order valence-electron chi connectivity index (χ0n) is 15.3. The minimum atomic E-state index is -4.32. The van der Waals surface area contributed by atoms with Crippen LogP contribution in [0.25, 0.3) is 10.8 Å². The molecule has 3 aromatic carbocycles. The topological polar surface area (TPSA) is 27.9 Å². The minimum absolute atomic E-state index is 0.298. The molecule has 146 valence electrons. The number of phenolic OH excluding ortho intramolecular Hbond substituents is 1. The molecule has 1 aliphatic rings. The van der Waals surface area contributed by atoms with E-state index in [9.17, 15) is 18.3 Å². The van der Waals surface area contributed by atoms with Crippen molar-refractivity contribution in [3.63, 3.8) is 0 Å². The van der Waals surface area contributed by atoms with Crippen LogP contribution in [0.1, 0.15) is 11.1 Å². The van der Waals surface area contributed by atoms with Gasteiger partial charge >= 0.3 is 6.18 Å². The zero-order valence-corrected chi connectivity index (χ0v) is 15.3. The number of alkyl halides is 3. The maximum atomic E-state index is 13.0. The lowest BCUT2D eigenvalue weighted by Gasteiger charge is -2.34. The first-order chi connectivity index (χ1) is 13.4. The van der Waals surface area contributed by atoms with Gasteiger partial charge in [-0.3, -0.25) is 0 Å². The lowest BCUT2D eigenvalue weighted by atomic mass is 10.0. The smallest absolute Gasteiger partial charge is 0.416 e. The zero-order chi connectivity index (χ0) is 19.7. The number of nitrogens with zero attached hydrogens (tertiary/aromatic N) is 1. The van der Waals surface area contributed by atoms with Gasteiger partial charge in [-0.15, -0.1) is 0 Å². The molecule has 3 aromatic rings. The Bertz CT molecular complexity index is 979. The normalized spacial score (nSPS) is 15.9. The van der Waals surface area contributed by atoms with E-state index in [0.29, 0.717) is 31.1 Å². The van der Waals surface area contributed by atoms with Crippen molar-refractivity contribution in [1.29, 1.82) is 0 Å². The second-order valence-corrected chi connectivity index (χ2v) is 7.25. The number of fused-ring (bicyclic) bond motifs is 1. The van der Waals surface area contributed by atoms with Crippen molar-refractivity contribution in [3.05, 3.63) is 71.8 Å². The van der Waals surface area contributed by atoms with Crippen LogP contribution in [-0.2, 0) is 12.7 Å². The molecule has 1 fully saturated rings. The van der Waals surface area contributed by atoms with Gasteiger partial charge in [0.15, 0.2) is 0 Å². The van der Waals surface area contributed by atoms with Crippen LogP contribution < -0.4 is 9.80 Å². The second kappa shape index (κ2) is 7.36. The summed E-state index contributed by atoms with van der Waals surface area (Å²) in [6.45, 7) is 3.67. The molecular formula is C22H22F3N2O+. The van der Waals surface area contributed by atoms with Crippen LogP contribution in [0.15, 0.2) is 60.7 Å². The number of halogens is 3. The molecule has 1 heterocycles. The van der Waals surface area contributed by atoms with E-state index in [1.54, 1.807) is 12.1 Å². The summed E-state index contributed by atoms with van der Waals surface area (Å²) in [7, 11) is 0. The van der Waals surface area contributed by atoms with Crippen LogP contribution in [-0.4, -0.2) is 31.3 Å². The number of anilines is 1. The van der Waals surface area contributed by atoms with E-state index in [2.05, 4.69) is 0 Å². The molecule has 0 saturated carbocycles. The van der Waals surface area contributed by atoms with Crippen LogP contribution in [0.2, 0.25) is 0 Å². The maximum Gasteiger partial charge on any atom is 0.416 e. The van der Waals surface area contributed by atoms with E-state index in [1.165, 1.54) is 17.0 Å². The molecule has 1 aliphatic heterocycles. The summed E-state index contributed by atoms with van der Waals surface area (Å²) in [4.78, 5) is 3.32. The SMILES string of the molecule is Oc1ccc2ccccc2c1C[NH+]1CCN(c2cccc(C(F)(F)F)c2)CC1. The summed E-state index contributed by atoms with van der Waals surface area (Å²) in [5.41, 5.74) is 0.933. The van der Waals surface area contributed by atoms with Crippen LogP contribution >= 0.6 is 0 Å². The minimum Gasteiger partial charge on any atom is -0.507 e. The molecule has 0 atom stereocenters. The third-order valence-corrected chi connectivity index (χ3v) is 5.45. The molecular weight excluding hydrogens is 365 g/mol. The van der Waals surface area contributed by atoms with Gasteiger partial charge in [0, 0.05) is 5.69 Å². The number of aromatic hydroxyl groups is 1. The van der Waals surface area contributed by atoms with Crippen molar-refractivity contribution in [1.82, 2.24) is 0 Å². The Morgan fingerprint density at radius 3 is 2.43 bits per heavy atom.